The van der Waals surface area contributed by atoms with Crippen molar-refractivity contribution >= 4 is 50.6 Å². The molecule has 0 aliphatic carbocycles. The Balaban J connectivity index is 1.19. The number of ether oxygens (including phenoxy) is 1. The van der Waals surface area contributed by atoms with Crippen LogP contribution in [-0.2, 0) is 16.2 Å². The molecule has 332 valence electrons. The number of rotatable bonds is 7. The molecule has 0 radical (unpaired) electrons. The maximum atomic E-state index is 14.7. The Morgan fingerprint density at radius 2 is 1.07 bits per heavy atom. The molecule has 0 unspecified atom stereocenters. The second kappa shape index (κ2) is 16.1. The van der Waals surface area contributed by atoms with Gasteiger partial charge in [0.25, 0.3) is 11.4 Å². The van der Waals surface area contributed by atoms with Crippen molar-refractivity contribution in [2.45, 2.75) is 78.6 Å². The first kappa shape index (κ1) is 43.4. The van der Waals surface area contributed by atoms with Gasteiger partial charge in [0.05, 0.1) is 22.7 Å². The van der Waals surface area contributed by atoms with Crippen LogP contribution in [0.2, 0.25) is 0 Å². The molecule has 9 aromatic rings. The molecule has 1 aliphatic rings. The number of pyridine rings is 1. The van der Waals surface area contributed by atoms with Gasteiger partial charge in [0, 0.05) is 53.4 Å². The molecule has 0 atom stereocenters. The lowest BCUT2D eigenvalue weighted by molar-refractivity contribution is 0.483. The van der Waals surface area contributed by atoms with Gasteiger partial charge >= 0.3 is 6.01 Å². The first-order valence-corrected chi connectivity index (χ1v) is 22.9. The largest absolute Gasteiger partial charge is 0.503 e. The van der Waals surface area contributed by atoms with Crippen molar-refractivity contribution in [2.24, 2.45) is 0 Å². The fraction of sp³-hybridized carbons (Fsp3) is 0.200. The molecule has 67 heavy (non-hydrogen) atoms. The van der Waals surface area contributed by atoms with E-state index in [0.717, 1.165) is 67.6 Å². The Bertz CT molecular complexity index is 3460. The third kappa shape index (κ3) is 8.25. The highest BCUT2D eigenvalue weighted by atomic mass is 19.1. The van der Waals surface area contributed by atoms with Gasteiger partial charge in [-0.25, -0.2) is 13.8 Å². The van der Waals surface area contributed by atoms with Gasteiger partial charge in [-0.05, 0) is 113 Å². The summed E-state index contributed by atoms with van der Waals surface area (Å²) in [6.07, 6.45) is 1.90. The van der Waals surface area contributed by atoms with Crippen LogP contribution in [0.1, 0.15) is 79.0 Å². The van der Waals surface area contributed by atoms with Crippen LogP contribution in [0.4, 0.5) is 31.5 Å². The third-order valence-corrected chi connectivity index (χ3v) is 12.8. The SMILES string of the molecule is CC(C)(C)c1cc(-c2cc(Oc3ccc4c5ccccc5n(-c5cc(C(C)(C)C)ccn5)c4c3)cc([N+]3=C=[N+](c4ccccc4-c4cc(F)cc(F)c4)c4ccccc43)c2)cc(C(C)(C)C)c1. The van der Waals surface area contributed by atoms with Gasteiger partial charge in [-0.2, -0.15) is 0 Å². The van der Waals surface area contributed by atoms with E-state index in [1.165, 1.54) is 28.8 Å². The molecule has 0 fully saturated rings. The standard InChI is InChI=1S/C60H54F2N4O/c1-58(2,3)41-24-25-63-57(33-41)66-53-19-13-11-17-50(53)51-23-22-47(36-56(51)66)67-48-31-39(38-26-42(59(4,5)6)32-43(27-38)60(7,8)9)30-46(35-48)64-37-65(55-21-15-14-20-54(55)64)52-18-12-10-16-49(52)40-28-44(61)34-45(62)29-40/h10-36H,1-9H3/q+2. The molecule has 0 spiro atoms. The lowest BCUT2D eigenvalue weighted by Gasteiger charge is -2.26. The van der Waals surface area contributed by atoms with Gasteiger partial charge in [-0.15, -0.1) is 0 Å². The average Bonchev–Trinajstić information content (AvgIpc) is 3.84. The predicted molar refractivity (Wildman–Crippen MR) is 273 cm³/mol. The summed E-state index contributed by atoms with van der Waals surface area (Å²) < 4.78 is 42.6. The Morgan fingerprint density at radius 3 is 1.76 bits per heavy atom. The maximum absolute atomic E-state index is 14.7. The van der Waals surface area contributed by atoms with Crippen LogP contribution in [0.15, 0.2) is 164 Å². The molecule has 0 saturated carbocycles. The van der Waals surface area contributed by atoms with E-state index >= 15 is 0 Å². The summed E-state index contributed by atoms with van der Waals surface area (Å²) in [6, 6.07) is 55.4. The summed E-state index contributed by atoms with van der Waals surface area (Å²) >= 11 is 0. The van der Waals surface area contributed by atoms with Gasteiger partial charge < -0.3 is 4.74 Å². The fourth-order valence-electron chi connectivity index (χ4n) is 9.05. The summed E-state index contributed by atoms with van der Waals surface area (Å²) in [4.78, 5) is 4.91. The lowest BCUT2D eigenvalue weighted by Crippen LogP contribution is -2.16. The summed E-state index contributed by atoms with van der Waals surface area (Å²) in [5, 5.41) is 2.24. The van der Waals surface area contributed by atoms with E-state index in [9.17, 15) is 8.78 Å². The zero-order valence-corrected chi connectivity index (χ0v) is 39.5. The van der Waals surface area contributed by atoms with Gasteiger partial charge in [-0.1, -0.05) is 123 Å². The Labute approximate surface area is 391 Å². The molecule has 5 nitrogen and oxygen atoms in total. The Hall–Kier alpha value is -7.47. The molecule has 3 heterocycles. The molecule has 7 aromatic carbocycles. The van der Waals surface area contributed by atoms with Gasteiger partial charge in [-0.3, -0.25) is 4.57 Å². The third-order valence-electron chi connectivity index (χ3n) is 12.8. The molecule has 0 saturated heterocycles. The first-order chi connectivity index (χ1) is 31.9. The van der Waals surface area contributed by atoms with Crippen LogP contribution in [0, 0.1) is 11.6 Å². The van der Waals surface area contributed by atoms with Crippen LogP contribution >= 0.6 is 0 Å². The van der Waals surface area contributed by atoms with E-state index in [1.54, 1.807) is 0 Å². The summed E-state index contributed by atoms with van der Waals surface area (Å²) in [6.45, 7) is 20.2. The second-order valence-corrected chi connectivity index (χ2v) is 20.7. The van der Waals surface area contributed by atoms with E-state index in [-0.39, 0.29) is 16.2 Å². The van der Waals surface area contributed by atoms with Crippen molar-refractivity contribution in [3.8, 4) is 39.6 Å². The highest BCUT2D eigenvalue weighted by Gasteiger charge is 2.38. The van der Waals surface area contributed by atoms with Crippen LogP contribution < -0.4 is 13.9 Å². The molecule has 0 N–H and O–H groups in total. The first-order valence-electron chi connectivity index (χ1n) is 22.9. The number of aromatic nitrogens is 2. The van der Waals surface area contributed by atoms with Crippen LogP contribution in [-0.4, -0.2) is 15.6 Å². The minimum Gasteiger partial charge on any atom is -0.457 e. The van der Waals surface area contributed by atoms with E-state index in [1.807, 2.05) is 63.9 Å². The van der Waals surface area contributed by atoms with Crippen molar-refractivity contribution in [2.75, 3.05) is 0 Å². The van der Waals surface area contributed by atoms with Crippen LogP contribution in [0.5, 0.6) is 11.5 Å². The average molecular weight is 885 g/mol. The van der Waals surface area contributed by atoms with E-state index < -0.39 is 11.6 Å². The second-order valence-electron chi connectivity index (χ2n) is 20.7. The summed E-state index contributed by atoms with van der Waals surface area (Å²) in [5.74, 6) is 0.902. The van der Waals surface area contributed by atoms with Crippen LogP contribution in [0.25, 0.3) is 49.9 Å². The number of hydrogen-bond acceptors (Lipinski definition) is 2. The van der Waals surface area contributed by atoms with Crippen molar-refractivity contribution < 1.29 is 13.5 Å². The molecule has 2 aromatic heterocycles. The number of benzene rings is 7. The number of fused-ring (bicyclic) bond motifs is 4. The van der Waals surface area contributed by atoms with Crippen LogP contribution in [0.3, 0.4) is 0 Å². The summed E-state index contributed by atoms with van der Waals surface area (Å²) in [7, 11) is 0. The molecule has 0 bridgehead atoms. The minimum atomic E-state index is -0.636. The topological polar surface area (TPSA) is 33.1 Å². The molecular weight excluding hydrogens is 831 g/mol. The van der Waals surface area contributed by atoms with E-state index in [4.69, 9.17) is 9.72 Å². The minimum absolute atomic E-state index is 0.0562. The quantitative estimate of drug-likeness (QED) is 0.149. The molecule has 7 heteroatoms. The Kier molecular flexibility index (Phi) is 10.5. The monoisotopic (exact) mass is 884 g/mol. The number of nitrogens with zero attached hydrogens (tertiary/aromatic N) is 4. The normalized spacial score (nSPS) is 12.9. The van der Waals surface area contributed by atoms with Crippen molar-refractivity contribution in [1.82, 2.24) is 18.7 Å². The van der Waals surface area contributed by atoms with E-state index in [2.05, 4.69) is 164 Å². The van der Waals surface area contributed by atoms with Crippen molar-refractivity contribution in [1.29, 1.82) is 0 Å². The number of para-hydroxylation sites is 4. The summed E-state index contributed by atoms with van der Waals surface area (Å²) in [5.41, 5.74) is 12.0. The maximum Gasteiger partial charge on any atom is 0.503 e. The molecule has 1 aliphatic heterocycles. The zero-order chi connectivity index (χ0) is 47.0. The fourth-order valence-corrected chi connectivity index (χ4v) is 9.05. The molecule has 0 amide bonds. The van der Waals surface area contributed by atoms with Crippen molar-refractivity contribution in [3.05, 3.63) is 192 Å². The zero-order valence-electron chi connectivity index (χ0n) is 39.5. The van der Waals surface area contributed by atoms with Crippen molar-refractivity contribution in [3.63, 3.8) is 0 Å². The highest BCUT2D eigenvalue weighted by molar-refractivity contribution is 6.09. The Morgan fingerprint density at radius 1 is 0.478 bits per heavy atom. The predicted octanol–water partition coefficient (Wildman–Crippen LogP) is 16.3. The van der Waals surface area contributed by atoms with Gasteiger partial charge in [0.15, 0.2) is 0 Å². The number of halogens is 2. The molecule has 10 rings (SSSR count). The molecular formula is C60H54F2N4O+2. The van der Waals surface area contributed by atoms with Gasteiger partial charge in [0.2, 0.25) is 11.4 Å². The smallest absolute Gasteiger partial charge is 0.457 e. The van der Waals surface area contributed by atoms with Gasteiger partial charge in [0.1, 0.15) is 29.0 Å². The highest BCUT2D eigenvalue weighted by Crippen LogP contribution is 2.44. The van der Waals surface area contributed by atoms with E-state index in [0.29, 0.717) is 22.6 Å². The lowest BCUT2D eigenvalue weighted by atomic mass is 9.79. The number of hydrogen-bond donors (Lipinski definition) is 0.